The van der Waals surface area contributed by atoms with Crippen molar-refractivity contribution in [2.75, 3.05) is 43.4 Å². The predicted molar refractivity (Wildman–Crippen MR) is 128 cm³/mol. The number of phenols is 1. The van der Waals surface area contributed by atoms with E-state index in [0.717, 1.165) is 18.8 Å². The van der Waals surface area contributed by atoms with Crippen LogP contribution < -0.4 is 14.2 Å². The first-order valence-electron chi connectivity index (χ1n) is 9.05. The van der Waals surface area contributed by atoms with E-state index in [1.807, 2.05) is 12.1 Å². The number of hydrogen-bond acceptors (Lipinski definition) is 8. The average molecular weight is 610 g/mol. The fraction of sp³-hybridized carbons (Fsp3) is 0.444. The fourth-order valence-electron chi connectivity index (χ4n) is 3.35. The molecule has 0 unspecified atom stereocenters. The summed E-state index contributed by atoms with van der Waals surface area (Å²) in [5, 5.41) is 29.3. The lowest BCUT2D eigenvalue weighted by molar-refractivity contribution is 0.00557. The summed E-state index contributed by atoms with van der Waals surface area (Å²) >= 11 is 4.40. The molecule has 1 fully saturated rings. The number of para-hydroxylation sites is 1. The van der Waals surface area contributed by atoms with Gasteiger partial charge < -0.3 is 20.8 Å². The third-order valence-corrected chi connectivity index (χ3v) is 6.29. The maximum absolute atomic E-state index is 11.0. The van der Waals surface area contributed by atoms with Crippen LogP contribution in [-0.4, -0.2) is 61.8 Å². The number of nitrogens with two attached hydrogens (primary N) is 1. The van der Waals surface area contributed by atoms with Gasteiger partial charge in [0.25, 0.3) is 0 Å². The second kappa shape index (κ2) is 9.69. The number of hydrogen-bond donors (Lipinski definition) is 4. The van der Waals surface area contributed by atoms with Crippen molar-refractivity contribution in [3.63, 3.8) is 0 Å². The maximum atomic E-state index is 11.0. The molecule has 3 rings (SSSR count). The van der Waals surface area contributed by atoms with Crippen molar-refractivity contribution in [1.82, 2.24) is 16.8 Å². The molecule has 0 radical (unpaired) electrons. The SMILES string of the molecule is Nc1nnc(-c2ccccc2O)cc1N1CCC(O)(CN(I)CCNI)CC1. The first kappa shape index (κ1) is 21.7. The van der Waals surface area contributed by atoms with Crippen molar-refractivity contribution >= 4 is 57.2 Å². The van der Waals surface area contributed by atoms with Crippen LogP contribution in [0.15, 0.2) is 30.3 Å². The minimum atomic E-state index is -0.710. The second-order valence-electron chi connectivity index (χ2n) is 6.96. The number of anilines is 2. The number of halogens is 2. The van der Waals surface area contributed by atoms with Crippen LogP contribution in [0.2, 0.25) is 0 Å². The fourth-order valence-corrected chi connectivity index (χ4v) is 4.47. The van der Waals surface area contributed by atoms with Crippen LogP contribution >= 0.6 is 45.7 Å². The molecule has 1 saturated heterocycles. The highest BCUT2D eigenvalue weighted by atomic mass is 127. The molecule has 1 aromatic carbocycles. The van der Waals surface area contributed by atoms with Gasteiger partial charge in [0.2, 0.25) is 0 Å². The van der Waals surface area contributed by atoms with E-state index in [9.17, 15) is 10.2 Å². The monoisotopic (exact) mass is 610 g/mol. The van der Waals surface area contributed by atoms with Crippen LogP contribution in [0.5, 0.6) is 5.75 Å². The lowest BCUT2D eigenvalue weighted by Gasteiger charge is -2.40. The molecule has 0 bridgehead atoms. The number of aromatic nitrogens is 2. The zero-order chi connectivity index (χ0) is 20.1. The van der Waals surface area contributed by atoms with E-state index in [2.05, 4.69) is 67.5 Å². The highest BCUT2D eigenvalue weighted by Gasteiger charge is 2.34. The van der Waals surface area contributed by atoms with Gasteiger partial charge in [-0.05, 0) is 31.0 Å². The molecule has 152 valence electrons. The third-order valence-electron chi connectivity index (χ3n) is 4.93. The van der Waals surface area contributed by atoms with Gasteiger partial charge in [-0.3, -0.25) is 3.53 Å². The van der Waals surface area contributed by atoms with E-state index in [4.69, 9.17) is 5.73 Å². The van der Waals surface area contributed by atoms with Crippen molar-refractivity contribution in [3.05, 3.63) is 30.3 Å². The molecule has 0 amide bonds. The first-order valence-corrected chi connectivity index (χ1v) is 11.1. The summed E-state index contributed by atoms with van der Waals surface area (Å²) in [7, 11) is 0. The van der Waals surface area contributed by atoms with Crippen LogP contribution in [-0.2, 0) is 0 Å². The number of nitrogens with zero attached hydrogens (tertiary/aromatic N) is 4. The first-order chi connectivity index (χ1) is 13.4. The second-order valence-corrected chi connectivity index (χ2v) is 9.08. The maximum Gasteiger partial charge on any atom is 0.169 e. The highest BCUT2D eigenvalue weighted by Crippen LogP contribution is 2.34. The van der Waals surface area contributed by atoms with E-state index in [-0.39, 0.29) is 5.75 Å². The van der Waals surface area contributed by atoms with Crippen molar-refractivity contribution in [2.24, 2.45) is 0 Å². The van der Waals surface area contributed by atoms with Crippen LogP contribution in [0.25, 0.3) is 11.3 Å². The molecular weight excluding hydrogens is 586 g/mol. The quantitative estimate of drug-likeness (QED) is 0.280. The van der Waals surface area contributed by atoms with E-state index in [1.165, 1.54) is 0 Å². The summed E-state index contributed by atoms with van der Waals surface area (Å²) in [4.78, 5) is 2.13. The largest absolute Gasteiger partial charge is 0.507 e. The van der Waals surface area contributed by atoms with Crippen molar-refractivity contribution < 1.29 is 10.2 Å². The molecule has 2 aromatic rings. The lowest BCUT2D eigenvalue weighted by Crippen LogP contribution is -2.50. The molecule has 0 aliphatic carbocycles. The van der Waals surface area contributed by atoms with Crippen LogP contribution in [0, 0.1) is 0 Å². The zero-order valence-electron chi connectivity index (χ0n) is 15.4. The minimum absolute atomic E-state index is 0.156. The third kappa shape index (κ3) is 5.34. The Morgan fingerprint density at radius 3 is 2.64 bits per heavy atom. The van der Waals surface area contributed by atoms with Crippen molar-refractivity contribution in [2.45, 2.75) is 18.4 Å². The summed E-state index contributed by atoms with van der Waals surface area (Å²) < 4.78 is 5.22. The Morgan fingerprint density at radius 2 is 1.96 bits per heavy atom. The Bertz CT molecular complexity index is 801. The normalized spacial score (nSPS) is 16.5. The smallest absolute Gasteiger partial charge is 0.169 e. The number of nitrogens with one attached hydrogen (secondary N) is 1. The molecule has 1 aliphatic heterocycles. The summed E-state index contributed by atoms with van der Waals surface area (Å²) in [6, 6.07) is 8.89. The Morgan fingerprint density at radius 1 is 1.25 bits per heavy atom. The number of nitrogen functional groups attached to an aromatic ring is 1. The molecule has 0 atom stereocenters. The Kier molecular flexibility index (Phi) is 7.53. The number of rotatable bonds is 7. The van der Waals surface area contributed by atoms with Crippen LogP contribution in [0.4, 0.5) is 11.5 Å². The van der Waals surface area contributed by atoms with E-state index in [1.54, 1.807) is 18.2 Å². The summed E-state index contributed by atoms with van der Waals surface area (Å²) in [6.07, 6.45) is 1.30. The lowest BCUT2D eigenvalue weighted by atomic mass is 9.91. The van der Waals surface area contributed by atoms with Crippen LogP contribution in [0.3, 0.4) is 0 Å². The van der Waals surface area contributed by atoms with Gasteiger partial charge in [0.1, 0.15) is 5.75 Å². The molecule has 5 N–H and O–H groups in total. The van der Waals surface area contributed by atoms with Gasteiger partial charge >= 0.3 is 0 Å². The number of aliphatic hydroxyl groups is 1. The Labute approximate surface area is 192 Å². The molecule has 1 aromatic heterocycles. The minimum Gasteiger partial charge on any atom is -0.507 e. The summed E-state index contributed by atoms with van der Waals surface area (Å²) in [5.74, 6) is 0.511. The van der Waals surface area contributed by atoms with Gasteiger partial charge in [-0.25, -0.2) is 3.11 Å². The van der Waals surface area contributed by atoms with E-state index >= 15 is 0 Å². The highest BCUT2D eigenvalue weighted by molar-refractivity contribution is 14.1. The number of aromatic hydroxyl groups is 1. The van der Waals surface area contributed by atoms with Gasteiger partial charge in [-0.2, -0.15) is 0 Å². The predicted octanol–water partition coefficient (Wildman–Crippen LogP) is 2.35. The standard InChI is InChI=1S/C18H24I2N6O2/c19-22-7-10-26(20)12-18(28)5-8-25(9-6-18)15-11-14(23-24-17(15)21)13-3-1-2-4-16(13)27/h1-4,11,22,27-28H,5-10,12H2,(H2,21,24). The molecule has 2 heterocycles. The molecular formula is C18H24I2N6O2. The Balaban J connectivity index is 1.70. The molecule has 8 nitrogen and oxygen atoms in total. The van der Waals surface area contributed by atoms with Gasteiger partial charge in [-0.15, -0.1) is 10.2 Å². The number of phenolic OH excluding ortho intramolecular Hbond substituents is 1. The van der Waals surface area contributed by atoms with E-state index in [0.29, 0.717) is 49.6 Å². The van der Waals surface area contributed by atoms with Gasteiger partial charge in [0, 0.05) is 84.0 Å². The summed E-state index contributed by atoms with van der Waals surface area (Å²) in [5.41, 5.74) is 7.36. The zero-order valence-corrected chi connectivity index (χ0v) is 19.7. The number of piperidine rings is 1. The van der Waals surface area contributed by atoms with Gasteiger partial charge in [0.15, 0.2) is 5.82 Å². The molecule has 0 saturated carbocycles. The molecule has 0 spiro atoms. The number of benzene rings is 1. The average Bonchev–Trinajstić information content (AvgIpc) is 2.68. The van der Waals surface area contributed by atoms with Gasteiger partial charge in [0.05, 0.1) is 17.0 Å². The van der Waals surface area contributed by atoms with Crippen LogP contribution in [0.1, 0.15) is 12.8 Å². The van der Waals surface area contributed by atoms with Gasteiger partial charge in [-0.1, -0.05) is 12.1 Å². The molecule has 10 heteroatoms. The summed E-state index contributed by atoms with van der Waals surface area (Å²) in [6.45, 7) is 3.75. The van der Waals surface area contributed by atoms with Crippen molar-refractivity contribution in [3.8, 4) is 17.0 Å². The molecule has 1 aliphatic rings. The molecule has 28 heavy (non-hydrogen) atoms. The van der Waals surface area contributed by atoms with E-state index < -0.39 is 5.60 Å². The topological polar surface area (TPSA) is 111 Å². The van der Waals surface area contributed by atoms with Crippen molar-refractivity contribution in [1.29, 1.82) is 0 Å². The Hall–Kier alpha value is -0.960.